The fourth-order valence-corrected chi connectivity index (χ4v) is 3.29. The zero-order chi connectivity index (χ0) is 21.1. The van der Waals surface area contributed by atoms with Crippen LogP contribution in [0.1, 0.15) is 34.1 Å². The lowest BCUT2D eigenvalue weighted by atomic mass is 10.1. The van der Waals surface area contributed by atoms with Gasteiger partial charge in [0.15, 0.2) is 6.73 Å². The maximum absolute atomic E-state index is 12.5. The van der Waals surface area contributed by atoms with Crippen molar-refractivity contribution in [1.29, 1.82) is 5.26 Å². The Morgan fingerprint density at radius 1 is 1.43 bits per heavy atom. The van der Waals surface area contributed by atoms with Crippen LogP contribution in [0.25, 0.3) is 0 Å². The Morgan fingerprint density at radius 3 is 2.68 bits per heavy atom. The average Bonchev–Trinajstić information content (AvgIpc) is 3.08. The molecule has 0 bridgehead atoms. The lowest BCUT2D eigenvalue weighted by molar-refractivity contribution is -0.151. The smallest absolute Gasteiger partial charge is 0.330 e. The first-order valence-corrected chi connectivity index (χ1v) is 9.15. The van der Waals surface area contributed by atoms with Crippen LogP contribution in [0, 0.1) is 40.9 Å². The molecular formula is C21H25N3O4. The third kappa shape index (κ3) is 4.26. The van der Waals surface area contributed by atoms with Gasteiger partial charge >= 0.3 is 12.0 Å². The normalized spacial score (nSPS) is 24.1. The van der Waals surface area contributed by atoms with Crippen molar-refractivity contribution in [3.8, 4) is 18.4 Å². The topological polar surface area (TPSA) is 90.7 Å². The molecule has 0 aromatic carbocycles. The lowest BCUT2D eigenvalue weighted by Gasteiger charge is -2.15. The second-order valence-corrected chi connectivity index (χ2v) is 7.66. The predicted octanol–water partition coefficient (Wildman–Crippen LogP) is 2.46. The number of hydrogen-bond donors (Lipinski definition) is 0. The summed E-state index contributed by atoms with van der Waals surface area (Å²) in [6, 6.07) is 1.59. The summed E-state index contributed by atoms with van der Waals surface area (Å²) >= 11 is 0. The molecule has 2 atom stereocenters. The minimum absolute atomic E-state index is 0.0270. The second kappa shape index (κ2) is 8.31. The number of imide groups is 1. The molecule has 1 aliphatic heterocycles. The highest BCUT2D eigenvalue weighted by atomic mass is 16.5. The maximum Gasteiger partial charge on any atom is 0.330 e. The molecule has 2 fully saturated rings. The highest BCUT2D eigenvalue weighted by Crippen LogP contribution is 2.59. The highest BCUT2D eigenvalue weighted by molar-refractivity contribution is 6.02. The number of ether oxygens (including phenoxy) is 1. The van der Waals surface area contributed by atoms with Crippen LogP contribution in [0.2, 0.25) is 0 Å². The van der Waals surface area contributed by atoms with Gasteiger partial charge in [-0.2, -0.15) is 5.26 Å². The number of hydrogen-bond acceptors (Lipinski definition) is 5. The van der Waals surface area contributed by atoms with Gasteiger partial charge in [0, 0.05) is 5.57 Å². The van der Waals surface area contributed by atoms with E-state index in [0.29, 0.717) is 5.57 Å². The first-order valence-electron chi connectivity index (χ1n) is 9.15. The van der Waals surface area contributed by atoms with E-state index in [4.69, 9.17) is 11.2 Å². The number of urea groups is 1. The number of amides is 3. The second-order valence-electron chi connectivity index (χ2n) is 7.66. The number of nitrogens with zero attached hydrogens (tertiary/aromatic N) is 3. The summed E-state index contributed by atoms with van der Waals surface area (Å²) in [5.74, 6) is 0.801. The van der Waals surface area contributed by atoms with Crippen molar-refractivity contribution in [1.82, 2.24) is 9.80 Å². The van der Waals surface area contributed by atoms with Crippen LogP contribution in [-0.2, 0) is 14.3 Å². The Morgan fingerprint density at radius 2 is 2.11 bits per heavy atom. The summed E-state index contributed by atoms with van der Waals surface area (Å²) in [5, 5.41) is 9.34. The van der Waals surface area contributed by atoms with Gasteiger partial charge in [-0.3, -0.25) is 9.59 Å². The third-order valence-electron chi connectivity index (χ3n) is 5.36. The number of esters is 1. The van der Waals surface area contributed by atoms with Crippen molar-refractivity contribution in [3.05, 3.63) is 23.3 Å². The molecular weight excluding hydrogens is 358 g/mol. The predicted molar refractivity (Wildman–Crippen MR) is 102 cm³/mol. The van der Waals surface area contributed by atoms with Gasteiger partial charge in [0.1, 0.15) is 6.54 Å². The first-order chi connectivity index (χ1) is 13.2. The Labute approximate surface area is 165 Å². The molecule has 1 saturated heterocycles. The van der Waals surface area contributed by atoms with Crippen molar-refractivity contribution >= 4 is 17.9 Å². The van der Waals surface area contributed by atoms with E-state index < -0.39 is 30.6 Å². The molecule has 28 heavy (non-hydrogen) atoms. The van der Waals surface area contributed by atoms with Crippen LogP contribution in [0.15, 0.2) is 23.3 Å². The molecule has 0 radical (unpaired) electrons. The van der Waals surface area contributed by atoms with Crippen LogP contribution < -0.4 is 0 Å². The Kier molecular flexibility index (Phi) is 6.30. The van der Waals surface area contributed by atoms with Crippen molar-refractivity contribution < 1.29 is 19.1 Å². The summed E-state index contributed by atoms with van der Waals surface area (Å²) in [6.45, 7) is 7.28. The van der Waals surface area contributed by atoms with Crippen molar-refractivity contribution in [3.63, 3.8) is 0 Å². The van der Waals surface area contributed by atoms with Crippen LogP contribution in [0.3, 0.4) is 0 Å². The van der Waals surface area contributed by atoms with Crippen LogP contribution in [0.4, 0.5) is 4.79 Å². The van der Waals surface area contributed by atoms with E-state index >= 15 is 0 Å². The number of terminal acetylenes is 1. The molecule has 7 nitrogen and oxygen atoms in total. The summed E-state index contributed by atoms with van der Waals surface area (Å²) in [6.07, 6.45) is 9.63. The molecule has 0 unspecified atom stereocenters. The fraction of sp³-hybridized carbons (Fsp3) is 0.524. The van der Waals surface area contributed by atoms with E-state index in [2.05, 4.69) is 12.0 Å². The molecule has 1 aliphatic carbocycles. The Hall–Kier alpha value is -3.06. The molecule has 0 aromatic heterocycles. The molecule has 3 amide bonds. The number of nitriles is 1. The van der Waals surface area contributed by atoms with E-state index in [1.165, 1.54) is 4.90 Å². The van der Waals surface area contributed by atoms with Gasteiger partial charge in [-0.1, -0.05) is 38.3 Å². The van der Waals surface area contributed by atoms with E-state index in [1.807, 2.05) is 33.8 Å². The molecule has 0 spiro atoms. The van der Waals surface area contributed by atoms with Gasteiger partial charge in [-0.05, 0) is 30.8 Å². The standard InChI is InChI=1S/C21H25N3O4/c1-6-8-23-12-17(25)24(20(23)27)13-28-19(26)18-16(21(18,4)5)10-15(11-22)9-14(3)7-2/h1,9-10,16,18H,7-8,12-13H2,2-5H3/b14-9+,15-10-/t16-,18+/m1/s1. The van der Waals surface area contributed by atoms with E-state index in [1.54, 1.807) is 6.08 Å². The molecule has 148 valence electrons. The lowest BCUT2D eigenvalue weighted by Crippen LogP contribution is -2.36. The maximum atomic E-state index is 12.5. The van der Waals surface area contributed by atoms with Gasteiger partial charge in [0.2, 0.25) is 0 Å². The van der Waals surface area contributed by atoms with Gasteiger partial charge in [0.05, 0.1) is 18.5 Å². The van der Waals surface area contributed by atoms with Gasteiger partial charge < -0.3 is 9.64 Å². The summed E-state index contributed by atoms with van der Waals surface area (Å²) in [4.78, 5) is 38.6. The van der Waals surface area contributed by atoms with Gasteiger partial charge in [0.25, 0.3) is 5.91 Å². The molecule has 2 rings (SSSR count). The number of rotatable bonds is 7. The Bertz CT molecular complexity index is 826. The molecule has 2 aliphatic rings. The van der Waals surface area contributed by atoms with Crippen molar-refractivity contribution in [2.24, 2.45) is 17.3 Å². The number of allylic oxidation sites excluding steroid dienone is 4. The zero-order valence-electron chi connectivity index (χ0n) is 16.7. The minimum Gasteiger partial charge on any atom is -0.443 e. The molecule has 0 aromatic rings. The van der Waals surface area contributed by atoms with Crippen LogP contribution in [-0.4, -0.2) is 47.5 Å². The Balaban J connectivity index is 2.02. The minimum atomic E-state index is -0.561. The molecule has 1 saturated carbocycles. The van der Waals surface area contributed by atoms with Crippen molar-refractivity contribution in [2.75, 3.05) is 19.8 Å². The summed E-state index contributed by atoms with van der Waals surface area (Å²) in [5.41, 5.74) is 1.23. The third-order valence-corrected chi connectivity index (χ3v) is 5.36. The number of carbonyl (C=O) groups is 3. The molecule has 7 heteroatoms. The van der Waals surface area contributed by atoms with E-state index in [0.717, 1.165) is 16.9 Å². The van der Waals surface area contributed by atoms with Crippen molar-refractivity contribution in [2.45, 2.75) is 34.1 Å². The fourth-order valence-electron chi connectivity index (χ4n) is 3.29. The van der Waals surface area contributed by atoms with Crippen LogP contribution >= 0.6 is 0 Å². The first kappa shape index (κ1) is 21.2. The van der Waals surface area contributed by atoms with E-state index in [9.17, 15) is 19.6 Å². The highest BCUT2D eigenvalue weighted by Gasteiger charge is 2.61. The molecule has 0 N–H and O–H groups in total. The monoisotopic (exact) mass is 383 g/mol. The summed E-state index contributed by atoms with van der Waals surface area (Å²) < 4.78 is 5.24. The quantitative estimate of drug-likeness (QED) is 0.221. The summed E-state index contributed by atoms with van der Waals surface area (Å²) in [7, 11) is 0. The van der Waals surface area contributed by atoms with E-state index in [-0.39, 0.29) is 24.4 Å². The number of carbonyl (C=O) groups excluding carboxylic acids is 3. The zero-order valence-corrected chi connectivity index (χ0v) is 16.7. The average molecular weight is 383 g/mol. The molecule has 1 heterocycles. The van der Waals surface area contributed by atoms with Crippen LogP contribution in [0.5, 0.6) is 0 Å². The van der Waals surface area contributed by atoms with Gasteiger partial charge in [-0.25, -0.2) is 9.69 Å². The largest absolute Gasteiger partial charge is 0.443 e. The van der Waals surface area contributed by atoms with Gasteiger partial charge in [-0.15, -0.1) is 6.42 Å². The SMILES string of the molecule is C#CCN1CC(=O)N(COC(=O)[C@@H]2[C@@H](/C=C(C#N)/C=C(\C)CC)C2(C)C)C1=O.